The highest BCUT2D eigenvalue weighted by atomic mass is 35.5. The summed E-state index contributed by atoms with van der Waals surface area (Å²) in [5.41, 5.74) is 1.31. The first kappa shape index (κ1) is 20.2. The molecule has 0 bridgehead atoms. The van der Waals surface area contributed by atoms with Gasteiger partial charge in [0.05, 0.1) is 12.5 Å². The molecule has 0 aliphatic carbocycles. The van der Waals surface area contributed by atoms with Crippen molar-refractivity contribution in [3.63, 3.8) is 0 Å². The lowest BCUT2D eigenvalue weighted by Crippen LogP contribution is -2.37. The largest absolute Gasteiger partial charge is 0.452 e. The first-order valence-electron chi connectivity index (χ1n) is 7.95. The zero-order chi connectivity index (χ0) is 19.3. The molecule has 138 valence electrons. The third-order valence-electron chi connectivity index (χ3n) is 3.73. The van der Waals surface area contributed by atoms with E-state index in [1.165, 1.54) is 31.2 Å². The summed E-state index contributed by atoms with van der Waals surface area (Å²) >= 11 is 12.0. The van der Waals surface area contributed by atoms with Crippen molar-refractivity contribution in [1.82, 2.24) is 5.32 Å². The summed E-state index contributed by atoms with van der Waals surface area (Å²) < 4.78 is 18.0. The van der Waals surface area contributed by atoms with Crippen LogP contribution in [0.4, 0.5) is 4.39 Å². The second kappa shape index (κ2) is 9.01. The van der Waals surface area contributed by atoms with Gasteiger partial charge in [0.2, 0.25) is 0 Å². The molecule has 4 nitrogen and oxygen atoms in total. The molecule has 2 rings (SSSR count). The van der Waals surface area contributed by atoms with Crippen LogP contribution in [-0.2, 0) is 20.7 Å². The number of nitrogens with one attached hydrogen (secondary N) is 1. The highest BCUT2D eigenvalue weighted by molar-refractivity contribution is 6.35. The molecule has 0 unspecified atom stereocenters. The summed E-state index contributed by atoms with van der Waals surface area (Å²) in [6.45, 7) is 3.24. The molecular formula is C19H18Cl2FNO3. The Balaban J connectivity index is 1.90. The smallest absolute Gasteiger partial charge is 0.311 e. The van der Waals surface area contributed by atoms with Crippen LogP contribution in [0.3, 0.4) is 0 Å². The molecule has 26 heavy (non-hydrogen) atoms. The number of hydrogen-bond acceptors (Lipinski definition) is 3. The van der Waals surface area contributed by atoms with E-state index in [2.05, 4.69) is 5.32 Å². The van der Waals surface area contributed by atoms with Gasteiger partial charge in [-0.2, -0.15) is 0 Å². The number of hydrogen-bond donors (Lipinski definition) is 1. The molecule has 0 saturated heterocycles. The number of carbonyl (C=O) groups is 2. The Morgan fingerprint density at radius 2 is 1.77 bits per heavy atom. The van der Waals surface area contributed by atoms with Gasteiger partial charge in [0.25, 0.3) is 5.91 Å². The maximum absolute atomic E-state index is 12.9. The summed E-state index contributed by atoms with van der Waals surface area (Å²) in [6, 6.07) is 10.1. The van der Waals surface area contributed by atoms with Crippen molar-refractivity contribution in [2.24, 2.45) is 0 Å². The number of benzene rings is 2. The van der Waals surface area contributed by atoms with Gasteiger partial charge >= 0.3 is 5.97 Å². The van der Waals surface area contributed by atoms with Crippen molar-refractivity contribution >= 4 is 35.1 Å². The zero-order valence-electron chi connectivity index (χ0n) is 14.3. The third kappa shape index (κ3) is 5.71. The number of rotatable bonds is 6. The van der Waals surface area contributed by atoms with Gasteiger partial charge in [-0.1, -0.05) is 41.4 Å². The Morgan fingerprint density at radius 1 is 1.12 bits per heavy atom. The van der Waals surface area contributed by atoms with Gasteiger partial charge in [0, 0.05) is 10.0 Å². The molecule has 0 fully saturated rings. The number of carbonyl (C=O) groups excluding carboxylic acids is 2. The molecule has 0 aromatic heterocycles. The molecule has 0 aliphatic rings. The van der Waals surface area contributed by atoms with Crippen LogP contribution < -0.4 is 5.32 Å². The first-order valence-corrected chi connectivity index (χ1v) is 8.71. The van der Waals surface area contributed by atoms with Crippen LogP contribution >= 0.6 is 23.2 Å². The van der Waals surface area contributed by atoms with Gasteiger partial charge in [-0.05, 0) is 49.2 Å². The third-order valence-corrected chi connectivity index (χ3v) is 4.29. The average Bonchev–Trinajstić information content (AvgIpc) is 2.56. The predicted molar refractivity (Wildman–Crippen MR) is 98.7 cm³/mol. The van der Waals surface area contributed by atoms with Crippen LogP contribution in [0.15, 0.2) is 42.5 Å². The molecule has 2 atom stereocenters. The van der Waals surface area contributed by atoms with E-state index in [1.807, 2.05) is 0 Å². The van der Waals surface area contributed by atoms with E-state index in [0.29, 0.717) is 21.2 Å². The molecule has 0 aliphatic heterocycles. The monoisotopic (exact) mass is 397 g/mol. The normalized spacial score (nSPS) is 13.0. The molecule has 2 aromatic carbocycles. The van der Waals surface area contributed by atoms with Crippen molar-refractivity contribution in [2.45, 2.75) is 32.4 Å². The SMILES string of the molecule is C[C@H](OC(=O)Cc1ccc(F)cc1)C(=O)N[C@@H](C)c1ccc(Cl)cc1Cl. The van der Waals surface area contributed by atoms with Crippen molar-refractivity contribution < 1.29 is 18.7 Å². The molecule has 0 radical (unpaired) electrons. The lowest BCUT2D eigenvalue weighted by Gasteiger charge is -2.19. The molecular weight excluding hydrogens is 380 g/mol. The Hall–Kier alpha value is -2.11. The summed E-state index contributed by atoms with van der Waals surface area (Å²) in [6.07, 6.45) is -1.02. The van der Waals surface area contributed by atoms with E-state index in [0.717, 1.165) is 0 Å². The lowest BCUT2D eigenvalue weighted by atomic mass is 10.1. The predicted octanol–water partition coefficient (Wildman–Crippen LogP) is 4.48. The minimum Gasteiger partial charge on any atom is -0.452 e. The minimum absolute atomic E-state index is 0.0452. The Bertz CT molecular complexity index is 796. The fraction of sp³-hybridized carbons (Fsp3) is 0.263. The summed E-state index contributed by atoms with van der Waals surface area (Å²) in [5.74, 6) is -1.41. The Morgan fingerprint density at radius 3 is 2.38 bits per heavy atom. The van der Waals surface area contributed by atoms with Gasteiger partial charge in [-0.25, -0.2) is 4.39 Å². The topological polar surface area (TPSA) is 55.4 Å². The second-order valence-corrected chi connectivity index (χ2v) is 6.68. The van der Waals surface area contributed by atoms with Crippen molar-refractivity contribution in [3.8, 4) is 0 Å². The fourth-order valence-electron chi connectivity index (χ4n) is 2.32. The van der Waals surface area contributed by atoms with Crippen molar-refractivity contribution in [1.29, 1.82) is 0 Å². The summed E-state index contributed by atoms with van der Waals surface area (Å²) in [7, 11) is 0. The summed E-state index contributed by atoms with van der Waals surface area (Å²) in [4.78, 5) is 24.2. The van der Waals surface area contributed by atoms with Crippen LogP contribution in [0.2, 0.25) is 10.0 Å². The van der Waals surface area contributed by atoms with Crippen molar-refractivity contribution in [3.05, 3.63) is 69.5 Å². The van der Waals surface area contributed by atoms with E-state index >= 15 is 0 Å². The maximum Gasteiger partial charge on any atom is 0.311 e. The highest BCUT2D eigenvalue weighted by Crippen LogP contribution is 2.26. The van der Waals surface area contributed by atoms with E-state index in [1.54, 1.807) is 25.1 Å². The van der Waals surface area contributed by atoms with E-state index < -0.39 is 18.0 Å². The molecule has 0 spiro atoms. The quantitative estimate of drug-likeness (QED) is 0.730. The van der Waals surface area contributed by atoms with E-state index in [4.69, 9.17) is 27.9 Å². The molecule has 0 saturated carbocycles. The van der Waals surface area contributed by atoms with Crippen LogP contribution in [0.1, 0.15) is 31.0 Å². The van der Waals surface area contributed by atoms with Gasteiger partial charge in [-0.3, -0.25) is 9.59 Å². The molecule has 2 aromatic rings. The van der Waals surface area contributed by atoms with Crippen molar-refractivity contribution in [2.75, 3.05) is 0 Å². The molecule has 1 N–H and O–H groups in total. The molecule has 0 heterocycles. The second-order valence-electron chi connectivity index (χ2n) is 5.83. The molecule has 7 heteroatoms. The number of ether oxygens (including phenoxy) is 1. The minimum atomic E-state index is -0.975. The Labute approximate surface area is 161 Å². The lowest BCUT2D eigenvalue weighted by molar-refractivity contribution is -0.154. The van der Waals surface area contributed by atoms with Gasteiger partial charge in [-0.15, -0.1) is 0 Å². The van der Waals surface area contributed by atoms with Gasteiger partial charge < -0.3 is 10.1 Å². The first-order chi connectivity index (χ1) is 12.3. The fourth-order valence-corrected chi connectivity index (χ4v) is 2.89. The number of halogens is 3. The Kier molecular flexibility index (Phi) is 7.00. The standard InChI is InChI=1S/C19H18Cl2FNO3/c1-11(16-8-5-14(20)10-17(16)21)23-19(25)12(2)26-18(24)9-13-3-6-15(22)7-4-13/h3-8,10-12H,9H2,1-2H3,(H,23,25)/t11-,12-/m0/s1. The van der Waals surface area contributed by atoms with Crippen LogP contribution in [0.5, 0.6) is 0 Å². The van der Waals surface area contributed by atoms with E-state index in [-0.39, 0.29) is 18.3 Å². The van der Waals surface area contributed by atoms with Crippen LogP contribution in [-0.4, -0.2) is 18.0 Å². The zero-order valence-corrected chi connectivity index (χ0v) is 15.8. The van der Waals surface area contributed by atoms with Crippen LogP contribution in [0.25, 0.3) is 0 Å². The van der Waals surface area contributed by atoms with E-state index in [9.17, 15) is 14.0 Å². The number of esters is 1. The maximum atomic E-state index is 12.9. The highest BCUT2D eigenvalue weighted by Gasteiger charge is 2.21. The van der Waals surface area contributed by atoms with Gasteiger partial charge in [0.1, 0.15) is 5.82 Å². The average molecular weight is 398 g/mol. The number of amides is 1. The van der Waals surface area contributed by atoms with Crippen LogP contribution in [0, 0.1) is 5.82 Å². The summed E-state index contributed by atoms with van der Waals surface area (Å²) in [5, 5.41) is 3.68. The van der Waals surface area contributed by atoms with Gasteiger partial charge in [0.15, 0.2) is 6.10 Å². The molecule has 1 amide bonds.